The summed E-state index contributed by atoms with van der Waals surface area (Å²) in [4.78, 5) is 16.5. The largest absolute Gasteiger partial charge is 0.444 e. The van der Waals surface area contributed by atoms with E-state index >= 15 is 0 Å². The third kappa shape index (κ3) is 5.76. The smallest absolute Gasteiger partial charge is 0.411 e. The monoisotopic (exact) mass is 495 g/mol. The Bertz CT molecular complexity index is 1480. The zero-order chi connectivity index (χ0) is 24.7. The van der Waals surface area contributed by atoms with E-state index in [9.17, 15) is 4.79 Å². The minimum absolute atomic E-state index is 0.186. The summed E-state index contributed by atoms with van der Waals surface area (Å²) in [6, 6.07) is 26.4. The predicted molar refractivity (Wildman–Crippen MR) is 142 cm³/mol. The molecule has 5 rings (SSSR count). The van der Waals surface area contributed by atoms with E-state index in [-0.39, 0.29) is 6.61 Å². The predicted octanol–water partition coefficient (Wildman–Crippen LogP) is 6.76. The number of halogens is 1. The summed E-state index contributed by atoms with van der Waals surface area (Å²) in [5, 5.41) is 17.4. The number of carbonyl (C=O) groups is 1. The van der Waals surface area contributed by atoms with E-state index in [4.69, 9.17) is 16.3 Å². The highest BCUT2D eigenvalue weighted by molar-refractivity contribution is 6.30. The number of anilines is 3. The first kappa shape index (κ1) is 23.3. The first-order valence-corrected chi connectivity index (χ1v) is 11.7. The molecule has 0 aliphatic heterocycles. The Morgan fingerprint density at radius 3 is 2.33 bits per heavy atom. The van der Waals surface area contributed by atoms with Gasteiger partial charge in [0, 0.05) is 46.0 Å². The molecule has 0 unspecified atom stereocenters. The van der Waals surface area contributed by atoms with Gasteiger partial charge in [0.25, 0.3) is 0 Å². The van der Waals surface area contributed by atoms with E-state index in [2.05, 4.69) is 25.8 Å². The summed E-state index contributed by atoms with van der Waals surface area (Å²) in [6.07, 6.45) is 3.57. The lowest BCUT2D eigenvalue weighted by atomic mass is 10.0. The Labute approximate surface area is 213 Å². The van der Waals surface area contributed by atoms with Gasteiger partial charge in [-0.25, -0.2) is 4.79 Å². The highest BCUT2D eigenvalue weighted by Gasteiger charge is 2.13. The maximum Gasteiger partial charge on any atom is 0.411 e. The molecule has 0 radical (unpaired) electrons. The number of benzene rings is 3. The second-order valence-electron chi connectivity index (χ2n) is 8.11. The van der Waals surface area contributed by atoms with Gasteiger partial charge in [-0.2, -0.15) is 5.10 Å². The van der Waals surface area contributed by atoms with Gasteiger partial charge in [-0.05, 0) is 59.7 Å². The molecule has 8 heteroatoms. The number of nitrogens with zero attached hydrogens (tertiary/aromatic N) is 3. The molecule has 0 fully saturated rings. The molecule has 0 aliphatic carbocycles. The van der Waals surface area contributed by atoms with Gasteiger partial charge in [0.2, 0.25) is 0 Å². The van der Waals surface area contributed by atoms with Gasteiger partial charge in [-0.3, -0.25) is 10.3 Å². The van der Waals surface area contributed by atoms with Crippen molar-refractivity contribution in [1.82, 2.24) is 15.2 Å². The number of fused-ring (bicyclic) bond motifs is 1. The maximum atomic E-state index is 12.4. The zero-order valence-electron chi connectivity index (χ0n) is 19.2. The number of pyridine rings is 1. The van der Waals surface area contributed by atoms with E-state index in [1.54, 1.807) is 24.5 Å². The molecule has 0 spiro atoms. The number of carbonyl (C=O) groups excluding carboxylic acids is 1. The highest BCUT2D eigenvalue weighted by atomic mass is 35.5. The quantitative estimate of drug-likeness (QED) is 0.259. The lowest BCUT2D eigenvalue weighted by Crippen LogP contribution is -2.13. The maximum absolute atomic E-state index is 12.4. The van der Waals surface area contributed by atoms with Crippen molar-refractivity contribution < 1.29 is 9.53 Å². The van der Waals surface area contributed by atoms with Crippen LogP contribution in [-0.2, 0) is 17.8 Å². The molecule has 7 nitrogen and oxygen atoms in total. The van der Waals surface area contributed by atoms with Crippen molar-refractivity contribution in [2.45, 2.75) is 13.0 Å². The van der Waals surface area contributed by atoms with Gasteiger partial charge in [-0.1, -0.05) is 48.0 Å². The standard InChI is InChI=1S/C28H22ClN5O2/c29-21-6-8-22(9-7-21)31-27-25-17-23(32-28(35)36-18-20-4-2-1-3-5-20)10-11-24(25)26(33-34-27)16-19-12-14-30-15-13-19/h1-15,17H,16,18H2,(H,31,34)(H,32,35). The average Bonchev–Trinajstić information content (AvgIpc) is 2.91. The number of ether oxygens (including phenoxy) is 1. The lowest BCUT2D eigenvalue weighted by molar-refractivity contribution is 0.155. The van der Waals surface area contributed by atoms with E-state index in [1.807, 2.05) is 72.8 Å². The molecule has 2 aromatic heterocycles. The molecule has 1 amide bonds. The van der Waals surface area contributed by atoms with Crippen LogP contribution in [0.25, 0.3) is 10.8 Å². The van der Waals surface area contributed by atoms with Crippen molar-refractivity contribution >= 4 is 45.7 Å². The van der Waals surface area contributed by atoms with Gasteiger partial charge >= 0.3 is 6.09 Å². The number of rotatable bonds is 7. The van der Waals surface area contributed by atoms with Crippen LogP contribution in [0.2, 0.25) is 5.02 Å². The minimum atomic E-state index is -0.538. The van der Waals surface area contributed by atoms with Crippen LogP contribution < -0.4 is 10.6 Å². The second kappa shape index (κ2) is 10.8. The third-order valence-electron chi connectivity index (χ3n) is 5.54. The molecule has 178 valence electrons. The van der Waals surface area contributed by atoms with Crippen molar-refractivity contribution in [3.05, 3.63) is 119 Å². The first-order chi connectivity index (χ1) is 17.6. The summed E-state index contributed by atoms with van der Waals surface area (Å²) < 4.78 is 5.37. The van der Waals surface area contributed by atoms with Crippen molar-refractivity contribution in [2.24, 2.45) is 0 Å². The Kier molecular flexibility index (Phi) is 7.00. The Morgan fingerprint density at radius 1 is 0.806 bits per heavy atom. The first-order valence-electron chi connectivity index (χ1n) is 11.3. The van der Waals surface area contributed by atoms with Gasteiger partial charge < -0.3 is 10.1 Å². The minimum Gasteiger partial charge on any atom is -0.444 e. The molecule has 36 heavy (non-hydrogen) atoms. The molecule has 5 aromatic rings. The molecule has 2 heterocycles. The van der Waals surface area contributed by atoms with E-state index in [1.165, 1.54) is 0 Å². The van der Waals surface area contributed by atoms with Gasteiger partial charge in [0.05, 0.1) is 5.69 Å². The van der Waals surface area contributed by atoms with Crippen molar-refractivity contribution in [2.75, 3.05) is 10.6 Å². The molecule has 0 atom stereocenters. The molecular formula is C28H22ClN5O2. The number of amides is 1. The summed E-state index contributed by atoms with van der Waals surface area (Å²) >= 11 is 6.03. The number of hydrogen-bond donors (Lipinski definition) is 2. The van der Waals surface area contributed by atoms with E-state index in [0.29, 0.717) is 22.9 Å². The molecule has 0 saturated heterocycles. The molecule has 0 bridgehead atoms. The van der Waals surface area contributed by atoms with Crippen LogP contribution in [0.15, 0.2) is 97.3 Å². The number of aromatic nitrogens is 3. The summed E-state index contributed by atoms with van der Waals surface area (Å²) in [7, 11) is 0. The van der Waals surface area contributed by atoms with Crippen molar-refractivity contribution in [3.63, 3.8) is 0 Å². The van der Waals surface area contributed by atoms with Crippen molar-refractivity contribution in [3.8, 4) is 0 Å². The fourth-order valence-corrected chi connectivity index (χ4v) is 3.88. The SMILES string of the molecule is O=C(Nc1ccc2c(Cc3ccncc3)nnc(Nc3ccc(Cl)cc3)c2c1)OCc1ccccc1. The van der Waals surface area contributed by atoms with E-state index in [0.717, 1.165) is 33.3 Å². The van der Waals surface area contributed by atoms with Crippen molar-refractivity contribution in [1.29, 1.82) is 0 Å². The molecule has 2 N–H and O–H groups in total. The molecule has 0 aliphatic rings. The van der Waals surface area contributed by atoms with Crippen LogP contribution in [0, 0.1) is 0 Å². The van der Waals surface area contributed by atoms with Crippen LogP contribution in [0.3, 0.4) is 0 Å². The Hall–Kier alpha value is -4.49. The third-order valence-corrected chi connectivity index (χ3v) is 5.80. The normalized spacial score (nSPS) is 10.7. The highest BCUT2D eigenvalue weighted by Crippen LogP contribution is 2.30. The summed E-state index contributed by atoms with van der Waals surface area (Å²) in [6.45, 7) is 0.186. The van der Waals surface area contributed by atoms with Crippen LogP contribution in [0.5, 0.6) is 0 Å². The second-order valence-corrected chi connectivity index (χ2v) is 8.54. The fraction of sp³-hybridized carbons (Fsp3) is 0.0714. The van der Waals surface area contributed by atoms with Crippen LogP contribution in [0.4, 0.5) is 22.0 Å². The van der Waals surface area contributed by atoms with Gasteiger partial charge in [-0.15, -0.1) is 5.10 Å². The van der Waals surface area contributed by atoms with Crippen LogP contribution >= 0.6 is 11.6 Å². The van der Waals surface area contributed by atoms with Crippen LogP contribution in [-0.4, -0.2) is 21.3 Å². The van der Waals surface area contributed by atoms with Crippen LogP contribution in [0.1, 0.15) is 16.8 Å². The number of nitrogens with one attached hydrogen (secondary N) is 2. The number of hydrogen-bond acceptors (Lipinski definition) is 6. The Morgan fingerprint density at radius 2 is 1.56 bits per heavy atom. The van der Waals surface area contributed by atoms with Gasteiger partial charge in [0.15, 0.2) is 5.82 Å². The average molecular weight is 496 g/mol. The topological polar surface area (TPSA) is 89.0 Å². The Balaban J connectivity index is 1.43. The molecule has 0 saturated carbocycles. The molecular weight excluding hydrogens is 474 g/mol. The molecule has 3 aromatic carbocycles. The lowest BCUT2D eigenvalue weighted by Gasteiger charge is -2.13. The summed E-state index contributed by atoms with van der Waals surface area (Å²) in [5.74, 6) is 0.562. The van der Waals surface area contributed by atoms with Gasteiger partial charge in [0.1, 0.15) is 6.61 Å². The summed E-state index contributed by atoms with van der Waals surface area (Å²) in [5.41, 5.74) is 4.21. The fourth-order valence-electron chi connectivity index (χ4n) is 3.75. The zero-order valence-corrected chi connectivity index (χ0v) is 19.9. The van der Waals surface area contributed by atoms with E-state index < -0.39 is 6.09 Å².